The van der Waals surface area contributed by atoms with Gasteiger partial charge in [0, 0.05) is 107 Å². The highest BCUT2D eigenvalue weighted by molar-refractivity contribution is 9.09. The number of fused-ring (bicyclic) bond motifs is 8. The first-order chi connectivity index (χ1) is 38.0. The third kappa shape index (κ3) is 10.7. The Morgan fingerprint density at radius 2 is 0.988 bits per heavy atom. The normalized spacial score (nSPS) is 15.4. The summed E-state index contributed by atoms with van der Waals surface area (Å²) in [5, 5.41) is 33.9. The Kier molecular flexibility index (Phi) is 15.3. The van der Waals surface area contributed by atoms with Gasteiger partial charge in [0.05, 0.1) is 41.8 Å². The zero-order valence-electron chi connectivity index (χ0n) is 43.3. The number of aromatic amines is 2. The number of urea groups is 1. The molecule has 27 heteroatoms. The van der Waals surface area contributed by atoms with Gasteiger partial charge >= 0.3 is 6.03 Å². The van der Waals surface area contributed by atoms with Crippen LogP contribution in [-0.4, -0.2) is 142 Å². The summed E-state index contributed by atoms with van der Waals surface area (Å²) >= 11 is 7.12. The molecule has 0 fully saturated rings. The molecule has 2 atom stereocenters. The number of alkyl halides is 2. The third-order valence-electron chi connectivity index (χ3n) is 14.2. The van der Waals surface area contributed by atoms with Crippen molar-refractivity contribution in [2.45, 2.75) is 21.6 Å². The topological polar surface area (TPSA) is 298 Å². The minimum Gasteiger partial charge on any atom is -0.351 e. The molecule has 0 bridgehead atoms. The lowest BCUT2D eigenvalue weighted by Crippen LogP contribution is -2.31. The molecule has 0 aliphatic carbocycles. The average molecular weight is 1260 g/mol. The van der Waals surface area contributed by atoms with Crippen molar-refractivity contribution in [3.05, 3.63) is 140 Å². The highest BCUT2D eigenvalue weighted by atomic mass is 79.9. The van der Waals surface area contributed by atoms with Crippen LogP contribution in [0.1, 0.15) is 43.9 Å². The molecular formula is C53H52Br2N12O11S2. The molecular weight excluding hydrogens is 1200 g/mol. The quantitative estimate of drug-likeness (QED) is 0.0268. The van der Waals surface area contributed by atoms with Gasteiger partial charge in [-0.05, 0) is 123 Å². The molecule has 10 rings (SSSR count). The van der Waals surface area contributed by atoms with Crippen LogP contribution < -0.4 is 29.9 Å². The minimum atomic E-state index is -3.99. The fraction of sp³-hybridized carbons (Fsp3) is 0.264. The van der Waals surface area contributed by atoms with Gasteiger partial charge in [-0.25, -0.2) is 31.1 Å². The summed E-state index contributed by atoms with van der Waals surface area (Å²) in [5.74, 6) is -1.49. The Labute approximate surface area is 474 Å². The van der Waals surface area contributed by atoms with Crippen molar-refractivity contribution in [1.82, 2.24) is 29.2 Å². The van der Waals surface area contributed by atoms with Crippen molar-refractivity contribution in [3.8, 4) is 0 Å². The largest absolute Gasteiger partial charge is 0.351 e. The van der Waals surface area contributed by atoms with Crippen molar-refractivity contribution in [3.63, 3.8) is 0 Å². The molecule has 2 aliphatic heterocycles. The maximum absolute atomic E-state index is 14.4. The summed E-state index contributed by atoms with van der Waals surface area (Å²) in [4.78, 5) is 78.7. The van der Waals surface area contributed by atoms with E-state index in [1.54, 1.807) is 60.7 Å². The Morgan fingerprint density at radius 1 is 0.588 bits per heavy atom. The summed E-state index contributed by atoms with van der Waals surface area (Å²) < 4.78 is 57.9. The summed E-state index contributed by atoms with van der Waals surface area (Å²) in [7, 11) is -0.757. The van der Waals surface area contributed by atoms with Crippen molar-refractivity contribution in [2.24, 2.45) is 0 Å². The number of carbonyl (C=O) groups excluding carboxylic acids is 3. The lowest BCUT2D eigenvalue weighted by molar-refractivity contribution is -0.383. The number of carbonyl (C=O) groups is 3. The third-order valence-corrected chi connectivity index (χ3v) is 18.7. The van der Waals surface area contributed by atoms with Gasteiger partial charge in [-0.15, -0.1) is 0 Å². The molecule has 0 spiro atoms. The van der Waals surface area contributed by atoms with Gasteiger partial charge in [-0.2, -0.15) is 0 Å². The van der Waals surface area contributed by atoms with Gasteiger partial charge in [0.25, 0.3) is 23.2 Å². The van der Waals surface area contributed by atoms with Gasteiger partial charge in [0.15, 0.2) is 0 Å². The Bertz CT molecular complexity index is 3870. The second-order valence-electron chi connectivity index (χ2n) is 20.1. The number of nitrogens with zero attached hydrogens (tertiary/aromatic N) is 6. The van der Waals surface area contributed by atoms with E-state index >= 15 is 0 Å². The Morgan fingerprint density at radius 3 is 1.35 bits per heavy atom. The molecule has 416 valence electrons. The fourth-order valence-corrected chi connectivity index (χ4v) is 13.5. The first-order valence-electron chi connectivity index (χ1n) is 24.9. The summed E-state index contributed by atoms with van der Waals surface area (Å²) in [6.45, 7) is 1.54. The lowest BCUT2D eigenvalue weighted by Gasteiger charge is -2.17. The molecule has 0 saturated carbocycles. The Hall–Kier alpha value is -7.37. The van der Waals surface area contributed by atoms with E-state index in [4.69, 9.17) is 0 Å². The van der Waals surface area contributed by atoms with Gasteiger partial charge in [-0.3, -0.25) is 29.8 Å². The zero-order valence-corrected chi connectivity index (χ0v) is 48.1. The van der Waals surface area contributed by atoms with Crippen LogP contribution in [0.2, 0.25) is 0 Å². The van der Waals surface area contributed by atoms with E-state index in [-0.39, 0.29) is 81.3 Å². The maximum atomic E-state index is 14.4. The van der Waals surface area contributed by atoms with E-state index in [9.17, 15) is 51.4 Å². The molecule has 8 aromatic rings. The molecule has 2 aromatic heterocycles. The van der Waals surface area contributed by atoms with Crippen molar-refractivity contribution in [1.29, 1.82) is 0 Å². The van der Waals surface area contributed by atoms with Crippen LogP contribution >= 0.6 is 31.9 Å². The molecule has 0 radical (unpaired) electrons. The molecule has 80 heavy (non-hydrogen) atoms. The van der Waals surface area contributed by atoms with E-state index < -0.39 is 47.7 Å². The van der Waals surface area contributed by atoms with Crippen LogP contribution in [0, 0.1) is 20.2 Å². The number of hydrogen-bond donors (Lipinski definition) is 6. The standard InChI is InChI=1S/C53H52Br2N12O11S2/c1-62(2)15-13-56-79(75,76)35-7-9-37-39(21-35)45(66(71)72)23-47-49(37)31(25-54)27-64(47)51(68)43-19-29-17-33(5-11-41(29)60-43)58-53(70)59-34-6-12-42-30(18-34)20-44(61-42)52(69)65-28-32(26-55)50-38-10-8-36(80(77,78)57-14-16-63(3)4)22-40(38)46(67(73)74)24-48(50)65/h5-12,17-24,31-32,56-57,60-61H,13-16,25-28H2,1-4H3,(H2,58,59,70). The van der Waals surface area contributed by atoms with E-state index in [0.717, 1.165) is 0 Å². The van der Waals surface area contributed by atoms with E-state index in [0.29, 0.717) is 90.2 Å². The maximum Gasteiger partial charge on any atom is 0.323 e. The van der Waals surface area contributed by atoms with Crippen LogP contribution in [0.25, 0.3) is 43.4 Å². The van der Waals surface area contributed by atoms with Gasteiger partial charge in [0.2, 0.25) is 20.0 Å². The number of aromatic nitrogens is 2. The van der Waals surface area contributed by atoms with Gasteiger partial charge in [-0.1, -0.05) is 44.0 Å². The second kappa shape index (κ2) is 21.9. The number of anilines is 4. The second-order valence-corrected chi connectivity index (χ2v) is 24.9. The van der Waals surface area contributed by atoms with E-state index in [1.165, 1.54) is 46.2 Å². The summed E-state index contributed by atoms with van der Waals surface area (Å²) in [5.41, 5.74) is 3.61. The number of nitro groups is 2. The SMILES string of the molecule is CN(C)CCNS(=O)(=O)c1ccc2c3c(cc([N+](=O)[O-])c2c1)N(C(=O)c1cc2cc(NC(=O)Nc4ccc5[nH]c(C(=O)N6CC(CBr)c7c6cc([N+](=O)[O-])c6cc(S(=O)(=O)NCCN(C)C)ccc76)cc5c4)ccc2[nH]1)CC3CBr. The number of hydrogen-bond acceptors (Lipinski definition) is 13. The number of amides is 4. The van der Waals surface area contributed by atoms with Crippen molar-refractivity contribution >= 4 is 147 Å². The first kappa shape index (κ1) is 55.9. The summed E-state index contributed by atoms with van der Waals surface area (Å²) in [6.07, 6.45) is 0. The number of sulfonamides is 2. The molecule has 6 N–H and O–H groups in total. The van der Waals surface area contributed by atoms with Crippen molar-refractivity contribution in [2.75, 3.05) is 98.6 Å². The summed E-state index contributed by atoms with van der Waals surface area (Å²) in [6, 6.07) is 23.8. The smallest absolute Gasteiger partial charge is 0.323 e. The number of non-ortho nitro benzene ring substituents is 2. The van der Waals surface area contributed by atoms with Crippen LogP contribution in [0.15, 0.2) is 107 Å². The number of halogens is 2. The van der Waals surface area contributed by atoms with Gasteiger partial charge in [0.1, 0.15) is 11.4 Å². The minimum absolute atomic E-state index is 0.121. The average Bonchev–Trinajstić information content (AvgIpc) is 4.41. The molecule has 4 heterocycles. The molecule has 23 nitrogen and oxygen atoms in total. The Balaban J connectivity index is 0.844. The predicted octanol–water partition coefficient (Wildman–Crippen LogP) is 8.37. The number of H-pyrrole nitrogens is 2. The number of nitrogens with one attached hydrogen (secondary N) is 6. The highest BCUT2D eigenvalue weighted by Crippen LogP contribution is 2.48. The van der Waals surface area contributed by atoms with Crippen LogP contribution in [-0.2, 0) is 20.0 Å². The van der Waals surface area contributed by atoms with E-state index in [2.05, 4.69) is 61.9 Å². The molecule has 0 saturated heterocycles. The predicted molar refractivity (Wildman–Crippen MR) is 314 cm³/mol. The number of nitro benzene ring substituents is 2. The molecule has 2 aliphatic rings. The molecule has 4 amide bonds. The fourth-order valence-electron chi connectivity index (χ4n) is 10.4. The zero-order chi connectivity index (χ0) is 57.1. The van der Waals surface area contributed by atoms with Gasteiger partial charge < -0.3 is 40.2 Å². The number of rotatable bonds is 18. The van der Waals surface area contributed by atoms with Crippen LogP contribution in [0.4, 0.5) is 38.9 Å². The number of benzene rings is 6. The lowest BCUT2D eigenvalue weighted by atomic mass is 9.95. The van der Waals surface area contributed by atoms with Crippen LogP contribution in [0.3, 0.4) is 0 Å². The van der Waals surface area contributed by atoms with Crippen molar-refractivity contribution < 1.29 is 41.1 Å². The molecule has 6 aromatic carbocycles. The first-order valence-corrected chi connectivity index (χ1v) is 30.1. The number of likely N-dealkylation sites (N-methyl/N-ethyl adjacent to an activating group) is 2. The van der Waals surface area contributed by atoms with Crippen LogP contribution in [0.5, 0.6) is 0 Å². The highest BCUT2D eigenvalue weighted by Gasteiger charge is 2.39. The molecule has 2 unspecified atom stereocenters. The van der Waals surface area contributed by atoms with E-state index in [1.807, 2.05) is 38.0 Å². The monoisotopic (exact) mass is 1250 g/mol.